The molecule has 8 heteroatoms. The highest BCUT2D eigenvalue weighted by molar-refractivity contribution is 6.05. The van der Waals surface area contributed by atoms with Gasteiger partial charge in [0.15, 0.2) is 0 Å². The van der Waals surface area contributed by atoms with E-state index < -0.39 is 23.7 Å². The second kappa shape index (κ2) is 9.35. The largest absolute Gasteiger partial charge is 0.347 e. The smallest absolute Gasteiger partial charge is 0.267 e. The summed E-state index contributed by atoms with van der Waals surface area (Å²) in [6, 6.07) is 19.0. The van der Waals surface area contributed by atoms with Crippen molar-refractivity contribution in [2.45, 2.75) is 50.4 Å². The zero-order valence-corrected chi connectivity index (χ0v) is 21.0. The highest BCUT2D eigenvalue weighted by atomic mass is 19.1. The van der Waals surface area contributed by atoms with Crippen LogP contribution in [0.5, 0.6) is 0 Å². The number of rotatable bonds is 7. The van der Waals surface area contributed by atoms with Crippen LogP contribution in [0, 0.1) is 11.7 Å². The molecule has 1 aliphatic carbocycles. The summed E-state index contributed by atoms with van der Waals surface area (Å²) in [4.78, 5) is 28.2. The van der Waals surface area contributed by atoms with Crippen LogP contribution >= 0.6 is 0 Å². The Bertz CT molecular complexity index is 1500. The van der Waals surface area contributed by atoms with Gasteiger partial charge in [0.2, 0.25) is 11.6 Å². The third-order valence-corrected chi connectivity index (χ3v) is 7.65. The molecule has 0 spiro atoms. The molecule has 0 bridgehead atoms. The van der Waals surface area contributed by atoms with Crippen LogP contribution < -0.4 is 10.2 Å². The van der Waals surface area contributed by atoms with Gasteiger partial charge in [-0.15, -0.1) is 0 Å². The zero-order valence-electron chi connectivity index (χ0n) is 21.0. The fourth-order valence-electron chi connectivity index (χ4n) is 5.53. The molecule has 1 aliphatic heterocycles. The number of carbonyl (C=O) groups excluding carboxylic acids is 2. The SMILES string of the molecule is CCC1[C@@H](NC(=O)C2CC2)C(F)(Cc2ccccc2)C(=O)N1c1ccc2c(cnn2-c2ccc(F)cc2)c1. The lowest BCUT2D eigenvalue weighted by molar-refractivity contribution is -0.129. The summed E-state index contributed by atoms with van der Waals surface area (Å²) in [7, 11) is 0. The first kappa shape index (κ1) is 24.3. The molecular weight excluding hydrogens is 486 g/mol. The van der Waals surface area contributed by atoms with Crippen LogP contribution in [-0.4, -0.2) is 39.3 Å². The number of alkyl halides is 1. The van der Waals surface area contributed by atoms with Crippen molar-refractivity contribution >= 4 is 28.4 Å². The lowest BCUT2D eigenvalue weighted by atomic mass is 9.87. The van der Waals surface area contributed by atoms with E-state index in [1.165, 1.54) is 17.0 Å². The van der Waals surface area contributed by atoms with Gasteiger partial charge in [-0.25, -0.2) is 13.5 Å². The molecule has 6 rings (SSSR count). The minimum Gasteiger partial charge on any atom is -0.347 e. The predicted molar refractivity (Wildman–Crippen MR) is 141 cm³/mol. The zero-order chi connectivity index (χ0) is 26.4. The summed E-state index contributed by atoms with van der Waals surface area (Å²) in [5, 5.41) is 8.13. The molecule has 194 valence electrons. The first-order valence-corrected chi connectivity index (χ1v) is 13.0. The third-order valence-electron chi connectivity index (χ3n) is 7.65. The average molecular weight is 515 g/mol. The number of aromatic nitrogens is 2. The summed E-state index contributed by atoms with van der Waals surface area (Å²) < 4.78 is 32.1. The molecule has 6 nitrogen and oxygen atoms in total. The summed E-state index contributed by atoms with van der Waals surface area (Å²) in [6.45, 7) is 1.90. The van der Waals surface area contributed by atoms with Gasteiger partial charge in [-0.05, 0) is 67.3 Å². The number of fused-ring (bicyclic) bond motifs is 1. The molecule has 1 saturated heterocycles. The lowest BCUT2D eigenvalue weighted by Gasteiger charge is -2.29. The maximum Gasteiger partial charge on any atom is 0.267 e. The Morgan fingerprint density at radius 3 is 2.45 bits per heavy atom. The van der Waals surface area contributed by atoms with E-state index in [2.05, 4.69) is 10.4 Å². The van der Waals surface area contributed by atoms with E-state index in [9.17, 15) is 14.0 Å². The summed E-state index contributed by atoms with van der Waals surface area (Å²) in [5.41, 5.74) is 0.425. The van der Waals surface area contributed by atoms with Crippen LogP contribution in [0.4, 0.5) is 14.5 Å². The first-order chi connectivity index (χ1) is 18.4. The number of carbonyl (C=O) groups is 2. The number of hydrogen-bond donors (Lipinski definition) is 1. The Hall–Kier alpha value is -4.07. The van der Waals surface area contributed by atoms with Crippen LogP contribution in [0.3, 0.4) is 0 Å². The normalized spacial score (nSPS) is 23.2. The molecule has 2 aliphatic rings. The fourth-order valence-corrected chi connectivity index (χ4v) is 5.53. The van der Waals surface area contributed by atoms with Crippen molar-refractivity contribution in [1.29, 1.82) is 0 Å². The van der Waals surface area contributed by atoms with Crippen molar-refractivity contribution in [2.24, 2.45) is 5.92 Å². The molecule has 1 aromatic heterocycles. The molecule has 3 atom stereocenters. The minimum atomic E-state index is -2.29. The number of halogens is 2. The van der Waals surface area contributed by atoms with Crippen LogP contribution in [0.15, 0.2) is 79.0 Å². The third kappa shape index (κ3) is 4.14. The number of nitrogens with zero attached hydrogens (tertiary/aromatic N) is 3. The molecule has 4 aromatic rings. The van der Waals surface area contributed by atoms with Crippen molar-refractivity contribution < 1.29 is 18.4 Å². The lowest BCUT2D eigenvalue weighted by Crippen LogP contribution is -2.55. The van der Waals surface area contributed by atoms with Crippen molar-refractivity contribution in [3.63, 3.8) is 0 Å². The van der Waals surface area contributed by atoms with E-state index in [1.807, 2.05) is 37.3 Å². The highest BCUT2D eigenvalue weighted by Gasteiger charge is 2.61. The van der Waals surface area contributed by atoms with Gasteiger partial charge >= 0.3 is 0 Å². The summed E-state index contributed by atoms with van der Waals surface area (Å²) in [6.07, 6.45) is 3.59. The molecule has 1 N–H and O–H groups in total. The quantitative estimate of drug-likeness (QED) is 0.372. The highest BCUT2D eigenvalue weighted by Crippen LogP contribution is 2.41. The van der Waals surface area contributed by atoms with Gasteiger partial charge in [-0.1, -0.05) is 37.3 Å². The van der Waals surface area contributed by atoms with Crippen LogP contribution in [0.1, 0.15) is 31.7 Å². The van der Waals surface area contributed by atoms with Gasteiger partial charge in [0.25, 0.3) is 5.91 Å². The van der Waals surface area contributed by atoms with E-state index in [1.54, 1.807) is 41.2 Å². The number of benzene rings is 3. The van der Waals surface area contributed by atoms with E-state index in [4.69, 9.17) is 0 Å². The molecule has 38 heavy (non-hydrogen) atoms. The Kier molecular flexibility index (Phi) is 5.97. The van der Waals surface area contributed by atoms with E-state index in [-0.39, 0.29) is 24.1 Å². The predicted octanol–water partition coefficient (Wildman–Crippen LogP) is 5.14. The van der Waals surface area contributed by atoms with Crippen molar-refractivity contribution in [3.05, 3.63) is 90.4 Å². The molecular formula is C30H28F2N4O2. The van der Waals surface area contributed by atoms with Crippen molar-refractivity contribution in [3.8, 4) is 5.69 Å². The van der Waals surface area contributed by atoms with Gasteiger partial charge in [0, 0.05) is 23.4 Å². The fraction of sp³-hybridized carbons (Fsp3) is 0.300. The van der Waals surface area contributed by atoms with Gasteiger partial charge in [0.05, 0.1) is 29.5 Å². The van der Waals surface area contributed by atoms with Gasteiger partial charge in [-0.3, -0.25) is 9.59 Å². The average Bonchev–Trinajstić information content (AvgIpc) is 3.67. The monoisotopic (exact) mass is 514 g/mol. The van der Waals surface area contributed by atoms with Crippen molar-refractivity contribution in [2.75, 3.05) is 4.90 Å². The maximum absolute atomic E-state index is 17.0. The number of nitrogens with one attached hydrogen (secondary N) is 1. The number of amides is 2. The molecule has 2 unspecified atom stereocenters. The minimum absolute atomic E-state index is 0.105. The maximum atomic E-state index is 17.0. The summed E-state index contributed by atoms with van der Waals surface area (Å²) >= 11 is 0. The van der Waals surface area contributed by atoms with E-state index in [0.29, 0.717) is 23.4 Å². The molecule has 2 amide bonds. The second-order valence-corrected chi connectivity index (χ2v) is 10.2. The van der Waals surface area contributed by atoms with Gasteiger partial charge in [0.1, 0.15) is 5.82 Å². The van der Waals surface area contributed by atoms with Crippen LogP contribution in [-0.2, 0) is 16.0 Å². The van der Waals surface area contributed by atoms with Gasteiger partial charge < -0.3 is 10.2 Å². The molecule has 3 aromatic carbocycles. The number of anilines is 1. The second-order valence-electron chi connectivity index (χ2n) is 10.2. The Morgan fingerprint density at radius 2 is 1.76 bits per heavy atom. The number of hydrogen-bond acceptors (Lipinski definition) is 3. The molecule has 2 fully saturated rings. The Morgan fingerprint density at radius 1 is 1.05 bits per heavy atom. The molecule has 2 heterocycles. The van der Waals surface area contributed by atoms with Crippen LogP contribution in [0.25, 0.3) is 16.6 Å². The summed E-state index contributed by atoms with van der Waals surface area (Å²) in [5.74, 6) is -1.28. The van der Waals surface area contributed by atoms with E-state index >= 15 is 4.39 Å². The Balaban J connectivity index is 1.39. The topological polar surface area (TPSA) is 67.2 Å². The van der Waals surface area contributed by atoms with Gasteiger partial charge in [-0.2, -0.15) is 5.10 Å². The molecule has 1 saturated carbocycles. The molecule has 0 radical (unpaired) electrons. The standard InChI is InChI=1S/C30H28F2N4O2/c1-2-25-27(34-28(37)20-8-9-20)30(32,17-19-6-4-3-5-7-19)29(38)35(25)24-14-15-26-21(16-24)18-33-36(26)23-12-10-22(31)11-13-23/h3-7,10-16,18,20,25,27H,2,8-9,17H2,1H3,(H,34,37)/t25?,27-,30?/m1/s1. The van der Waals surface area contributed by atoms with Crippen LogP contribution in [0.2, 0.25) is 0 Å². The van der Waals surface area contributed by atoms with Crippen molar-refractivity contribution in [1.82, 2.24) is 15.1 Å². The Labute approximate surface area is 219 Å². The first-order valence-electron chi connectivity index (χ1n) is 13.0. The van der Waals surface area contributed by atoms with E-state index in [0.717, 1.165) is 23.7 Å².